The molecule has 1 aromatic heterocycles. The zero-order chi connectivity index (χ0) is 16.4. The molecule has 3 rings (SSSR count). The minimum atomic E-state index is -0.376. The van der Waals surface area contributed by atoms with E-state index in [0.29, 0.717) is 31.0 Å². The molecule has 0 bridgehead atoms. The Bertz CT molecular complexity index is 580. The quantitative estimate of drug-likeness (QED) is 0.755. The number of carbonyl (C=O) groups excluding carboxylic acids is 2. The van der Waals surface area contributed by atoms with Crippen LogP contribution in [0.4, 0.5) is 4.79 Å². The van der Waals surface area contributed by atoms with Gasteiger partial charge in [-0.1, -0.05) is 13.8 Å². The maximum atomic E-state index is 12.2. The normalized spacial score (nSPS) is 23.4. The van der Waals surface area contributed by atoms with Crippen LogP contribution < -0.4 is 15.5 Å². The Kier molecular flexibility index (Phi) is 5.02. The molecule has 3 N–H and O–H groups in total. The topological polar surface area (TPSA) is 62.6 Å². The second kappa shape index (κ2) is 7.01. The van der Waals surface area contributed by atoms with Gasteiger partial charge in [0.25, 0.3) is 5.91 Å². The molecule has 126 valence electrons. The maximum absolute atomic E-state index is 12.2. The molecule has 0 radical (unpaired) electrons. The second-order valence-electron chi connectivity index (χ2n) is 7.10. The van der Waals surface area contributed by atoms with Crippen LogP contribution in [0.15, 0.2) is 11.4 Å². The predicted molar refractivity (Wildman–Crippen MR) is 90.6 cm³/mol. The van der Waals surface area contributed by atoms with Crippen LogP contribution in [0.3, 0.4) is 0 Å². The van der Waals surface area contributed by atoms with Crippen LogP contribution in [0.1, 0.15) is 43.2 Å². The fraction of sp³-hybridized carbons (Fsp3) is 0.647. The molecule has 0 saturated heterocycles. The maximum Gasteiger partial charge on any atom is 0.321 e. The summed E-state index contributed by atoms with van der Waals surface area (Å²) in [5, 5.41) is 7.37. The number of fused-ring (bicyclic) bond motifs is 1. The molecule has 3 amide bonds. The third-order valence-corrected chi connectivity index (χ3v) is 5.63. The van der Waals surface area contributed by atoms with E-state index in [9.17, 15) is 9.59 Å². The Morgan fingerprint density at radius 3 is 2.87 bits per heavy atom. The molecule has 2 heterocycles. The molecule has 23 heavy (non-hydrogen) atoms. The summed E-state index contributed by atoms with van der Waals surface area (Å²) in [4.78, 5) is 26.7. The standard InChI is InChI=1S/C17H25N3O2S/c1-11(2)9-18-17(22)19-15(21)10-20-7-5-14-13(6-8-23-14)16(20)12-3-4-12/h6,8,11-12,16H,3-5,7,9-10H2,1-2H3,(H2,18,19,21,22)/p+1/t16-/m1/s1. The number of hydrogen-bond acceptors (Lipinski definition) is 3. The lowest BCUT2D eigenvalue weighted by atomic mass is 9.96. The van der Waals surface area contributed by atoms with E-state index < -0.39 is 0 Å². The van der Waals surface area contributed by atoms with Gasteiger partial charge in [-0.25, -0.2) is 4.79 Å². The zero-order valence-corrected chi connectivity index (χ0v) is 14.7. The molecule has 5 nitrogen and oxygen atoms in total. The summed E-state index contributed by atoms with van der Waals surface area (Å²) >= 11 is 1.84. The fourth-order valence-electron chi connectivity index (χ4n) is 3.41. The van der Waals surface area contributed by atoms with Crippen LogP contribution in [0.5, 0.6) is 0 Å². The van der Waals surface area contributed by atoms with E-state index in [4.69, 9.17) is 0 Å². The lowest BCUT2D eigenvalue weighted by Gasteiger charge is -2.32. The third-order valence-electron chi connectivity index (χ3n) is 4.63. The van der Waals surface area contributed by atoms with Crippen LogP contribution in [0, 0.1) is 11.8 Å². The van der Waals surface area contributed by atoms with E-state index in [-0.39, 0.29) is 11.9 Å². The molecule has 0 aromatic carbocycles. The number of imide groups is 1. The van der Waals surface area contributed by atoms with Crippen LogP contribution in [0.2, 0.25) is 0 Å². The molecule has 1 aliphatic carbocycles. The van der Waals surface area contributed by atoms with E-state index in [2.05, 4.69) is 22.1 Å². The van der Waals surface area contributed by atoms with Gasteiger partial charge in [-0.05, 0) is 30.2 Å². The van der Waals surface area contributed by atoms with E-state index >= 15 is 0 Å². The highest BCUT2D eigenvalue weighted by molar-refractivity contribution is 7.10. The van der Waals surface area contributed by atoms with Gasteiger partial charge in [-0.15, -0.1) is 11.3 Å². The summed E-state index contributed by atoms with van der Waals surface area (Å²) in [5.74, 6) is 0.909. The van der Waals surface area contributed by atoms with Crippen LogP contribution in [0.25, 0.3) is 0 Å². The van der Waals surface area contributed by atoms with Gasteiger partial charge in [0, 0.05) is 29.3 Å². The largest absolute Gasteiger partial charge is 0.338 e. The molecule has 1 saturated carbocycles. The van der Waals surface area contributed by atoms with Gasteiger partial charge < -0.3 is 10.2 Å². The zero-order valence-electron chi connectivity index (χ0n) is 13.9. The number of amides is 3. The fourth-order valence-corrected chi connectivity index (χ4v) is 4.34. The van der Waals surface area contributed by atoms with Crippen molar-refractivity contribution in [2.45, 2.75) is 39.2 Å². The molecule has 1 aromatic rings. The van der Waals surface area contributed by atoms with E-state index in [1.54, 1.807) is 0 Å². The minimum absolute atomic E-state index is 0.175. The van der Waals surface area contributed by atoms with Gasteiger partial charge in [0.05, 0.1) is 6.54 Å². The van der Waals surface area contributed by atoms with Gasteiger partial charge in [-0.2, -0.15) is 0 Å². The number of urea groups is 1. The molecular weight excluding hydrogens is 310 g/mol. The number of carbonyl (C=O) groups is 2. The van der Waals surface area contributed by atoms with Crippen molar-refractivity contribution < 1.29 is 14.5 Å². The molecule has 2 aliphatic rings. The highest BCUT2D eigenvalue weighted by atomic mass is 32.1. The highest BCUT2D eigenvalue weighted by Crippen LogP contribution is 2.42. The monoisotopic (exact) mass is 336 g/mol. The lowest BCUT2D eigenvalue weighted by molar-refractivity contribution is -0.928. The van der Waals surface area contributed by atoms with Crippen LogP contribution in [-0.2, 0) is 11.2 Å². The molecule has 1 unspecified atom stereocenters. The van der Waals surface area contributed by atoms with Gasteiger partial charge in [0.1, 0.15) is 6.04 Å². The Morgan fingerprint density at radius 1 is 1.39 bits per heavy atom. The highest BCUT2D eigenvalue weighted by Gasteiger charge is 2.43. The van der Waals surface area contributed by atoms with Crippen molar-refractivity contribution >= 4 is 23.3 Å². The smallest absolute Gasteiger partial charge is 0.321 e. The first-order valence-electron chi connectivity index (χ1n) is 8.53. The molecule has 1 fully saturated rings. The molecule has 2 atom stereocenters. The van der Waals surface area contributed by atoms with Gasteiger partial charge in [0.15, 0.2) is 6.54 Å². The summed E-state index contributed by atoms with van der Waals surface area (Å²) in [6.07, 6.45) is 3.57. The van der Waals surface area contributed by atoms with Crippen molar-refractivity contribution in [3.8, 4) is 0 Å². The Balaban J connectivity index is 1.57. The van der Waals surface area contributed by atoms with Crippen molar-refractivity contribution in [3.05, 3.63) is 21.9 Å². The van der Waals surface area contributed by atoms with Gasteiger partial charge in [0.2, 0.25) is 0 Å². The van der Waals surface area contributed by atoms with E-state index in [0.717, 1.165) is 13.0 Å². The lowest BCUT2D eigenvalue weighted by Crippen LogP contribution is -3.14. The average Bonchev–Trinajstić information content (AvgIpc) is 3.21. The summed E-state index contributed by atoms with van der Waals surface area (Å²) in [6, 6.07) is 2.30. The van der Waals surface area contributed by atoms with Crippen molar-refractivity contribution in [2.75, 3.05) is 19.6 Å². The SMILES string of the molecule is CC(C)CNC(=O)NC(=O)C[NH+]1CCc2sccc2[C@H]1C1CC1. The minimum Gasteiger partial charge on any atom is -0.338 e. The van der Waals surface area contributed by atoms with Crippen molar-refractivity contribution in [3.63, 3.8) is 0 Å². The van der Waals surface area contributed by atoms with Crippen LogP contribution in [-0.4, -0.2) is 31.6 Å². The molecule has 0 spiro atoms. The Hall–Kier alpha value is -1.40. The third kappa shape index (κ3) is 4.12. The molecule has 1 aliphatic heterocycles. The van der Waals surface area contributed by atoms with E-state index in [1.807, 2.05) is 25.2 Å². The molecule has 6 heteroatoms. The average molecular weight is 336 g/mol. The van der Waals surface area contributed by atoms with Gasteiger partial charge in [-0.3, -0.25) is 10.1 Å². The van der Waals surface area contributed by atoms with Crippen molar-refractivity contribution in [1.82, 2.24) is 10.6 Å². The number of hydrogen-bond donors (Lipinski definition) is 3. The van der Waals surface area contributed by atoms with Gasteiger partial charge >= 0.3 is 6.03 Å². The van der Waals surface area contributed by atoms with Crippen molar-refractivity contribution in [1.29, 1.82) is 0 Å². The second-order valence-corrected chi connectivity index (χ2v) is 8.10. The molecular formula is C17H26N3O2S+. The Morgan fingerprint density at radius 2 is 2.17 bits per heavy atom. The Labute approximate surface area is 141 Å². The number of thiophene rings is 1. The first kappa shape index (κ1) is 16.5. The van der Waals surface area contributed by atoms with Crippen molar-refractivity contribution in [2.24, 2.45) is 11.8 Å². The number of quaternary nitrogens is 1. The summed E-state index contributed by atoms with van der Waals surface area (Å²) in [7, 11) is 0. The first-order valence-corrected chi connectivity index (χ1v) is 9.41. The first-order chi connectivity index (χ1) is 11.0. The summed E-state index contributed by atoms with van der Waals surface area (Å²) in [5.41, 5.74) is 1.44. The predicted octanol–water partition coefficient (Wildman–Crippen LogP) is 1.12. The van der Waals surface area contributed by atoms with E-state index in [1.165, 1.54) is 28.2 Å². The number of rotatable bonds is 5. The summed E-state index contributed by atoms with van der Waals surface area (Å²) in [6.45, 7) is 6.00. The summed E-state index contributed by atoms with van der Waals surface area (Å²) < 4.78 is 0. The number of nitrogens with one attached hydrogen (secondary N) is 3. The van der Waals surface area contributed by atoms with Crippen LogP contribution >= 0.6 is 11.3 Å².